The Bertz CT molecular complexity index is 1250. The van der Waals surface area contributed by atoms with Crippen molar-refractivity contribution >= 4 is 17.1 Å². The third-order valence-corrected chi connectivity index (χ3v) is 5.35. The van der Waals surface area contributed by atoms with Gasteiger partial charge in [0.1, 0.15) is 5.69 Å². The lowest BCUT2D eigenvalue weighted by Crippen LogP contribution is -2.26. The number of alkyl halides is 6. The summed E-state index contributed by atoms with van der Waals surface area (Å²) in [6, 6.07) is 5.03. The number of halogens is 6. The summed E-state index contributed by atoms with van der Waals surface area (Å²) in [5.74, 6) is -0.902. The molecule has 1 atom stereocenters. The number of hydrogen-bond donors (Lipinski definition) is 0. The first kappa shape index (κ1) is 22.6. The number of aromatic nitrogens is 3. The molecule has 0 saturated carbocycles. The van der Waals surface area contributed by atoms with Crippen LogP contribution in [0.4, 0.5) is 32.0 Å². The summed E-state index contributed by atoms with van der Waals surface area (Å²) in [6.07, 6.45) is -1.23. The monoisotopic (exact) mass is 466 g/mol. The highest BCUT2D eigenvalue weighted by Crippen LogP contribution is 2.36. The van der Waals surface area contributed by atoms with Crippen LogP contribution in [0.3, 0.4) is 0 Å². The molecule has 0 bridgehead atoms. The molecule has 3 aromatic rings. The Kier molecular flexibility index (Phi) is 5.51. The quantitative estimate of drug-likeness (QED) is 0.475. The maximum absolute atomic E-state index is 12.9. The topological polar surface area (TPSA) is 50.5 Å². The number of hydrogen-bond acceptors (Lipinski definition) is 3. The van der Waals surface area contributed by atoms with Crippen molar-refractivity contribution in [1.29, 1.82) is 0 Å². The van der Waals surface area contributed by atoms with Crippen LogP contribution in [0.25, 0.3) is 5.52 Å². The molecule has 1 aliphatic rings. The van der Waals surface area contributed by atoms with E-state index < -0.39 is 29.5 Å². The van der Waals surface area contributed by atoms with Gasteiger partial charge < -0.3 is 4.90 Å². The number of carbonyl (C=O) groups is 1. The first-order valence-corrected chi connectivity index (χ1v) is 9.69. The standard InChI is InChI=1S/C22H16F6N4O/c1-31(20(33)14-4-7-19(29-11-14)22(26,27)28)16-8-9-32-18(10-16)17(12-30-32)13-2-5-15(6-3-13)21(23,24)25/h2,4-13H,3H2,1H3. The third-order valence-electron chi connectivity index (χ3n) is 5.35. The Labute approximate surface area is 183 Å². The van der Waals surface area contributed by atoms with Crippen LogP contribution >= 0.6 is 0 Å². The predicted molar refractivity (Wildman–Crippen MR) is 108 cm³/mol. The molecule has 5 nitrogen and oxygen atoms in total. The van der Waals surface area contributed by atoms with Crippen LogP contribution in [0.1, 0.15) is 34.0 Å². The van der Waals surface area contributed by atoms with Gasteiger partial charge in [-0.1, -0.05) is 18.2 Å². The van der Waals surface area contributed by atoms with Crippen LogP contribution in [0, 0.1) is 0 Å². The lowest BCUT2D eigenvalue weighted by atomic mass is 9.90. The molecule has 33 heavy (non-hydrogen) atoms. The van der Waals surface area contributed by atoms with Crippen molar-refractivity contribution in [3.8, 4) is 0 Å². The lowest BCUT2D eigenvalue weighted by Gasteiger charge is -2.19. The van der Waals surface area contributed by atoms with Gasteiger partial charge >= 0.3 is 12.4 Å². The summed E-state index contributed by atoms with van der Waals surface area (Å²) in [7, 11) is 1.46. The highest BCUT2D eigenvalue weighted by molar-refractivity contribution is 6.05. The number of pyridine rings is 2. The van der Waals surface area contributed by atoms with E-state index >= 15 is 0 Å². The van der Waals surface area contributed by atoms with Crippen molar-refractivity contribution in [2.75, 3.05) is 11.9 Å². The fourth-order valence-corrected chi connectivity index (χ4v) is 3.54. The number of carbonyl (C=O) groups excluding carboxylic acids is 1. The van der Waals surface area contributed by atoms with Gasteiger partial charge in [0.05, 0.1) is 22.9 Å². The van der Waals surface area contributed by atoms with E-state index in [2.05, 4.69) is 10.1 Å². The lowest BCUT2D eigenvalue weighted by molar-refractivity contribution is -0.141. The van der Waals surface area contributed by atoms with Crippen molar-refractivity contribution < 1.29 is 31.1 Å². The summed E-state index contributed by atoms with van der Waals surface area (Å²) in [5.41, 5.74) is -0.125. The van der Waals surface area contributed by atoms with Gasteiger partial charge in [0, 0.05) is 36.6 Å². The molecule has 4 rings (SSSR count). The van der Waals surface area contributed by atoms with Gasteiger partial charge in [0.15, 0.2) is 0 Å². The second-order valence-electron chi connectivity index (χ2n) is 7.47. The number of amides is 1. The Balaban J connectivity index is 1.59. The molecule has 3 heterocycles. The zero-order valence-electron chi connectivity index (χ0n) is 17.0. The summed E-state index contributed by atoms with van der Waals surface area (Å²) < 4.78 is 78.2. The molecule has 0 radical (unpaired) electrons. The molecule has 3 aromatic heterocycles. The van der Waals surface area contributed by atoms with E-state index in [1.54, 1.807) is 24.5 Å². The smallest absolute Gasteiger partial charge is 0.311 e. The molecule has 0 saturated heterocycles. The number of fused-ring (bicyclic) bond motifs is 1. The van der Waals surface area contributed by atoms with Gasteiger partial charge in [-0.15, -0.1) is 0 Å². The van der Waals surface area contributed by atoms with Gasteiger partial charge in [-0.25, -0.2) is 4.52 Å². The normalized spacial score (nSPS) is 16.7. The van der Waals surface area contributed by atoms with Crippen LogP contribution < -0.4 is 4.90 Å². The summed E-state index contributed by atoms with van der Waals surface area (Å²) >= 11 is 0. The van der Waals surface area contributed by atoms with Crippen molar-refractivity contribution in [1.82, 2.24) is 14.6 Å². The van der Waals surface area contributed by atoms with Crippen LogP contribution in [0.15, 0.2) is 66.7 Å². The molecular formula is C22H16F6N4O. The maximum Gasteiger partial charge on any atom is 0.433 e. The summed E-state index contributed by atoms with van der Waals surface area (Å²) in [4.78, 5) is 17.3. The molecule has 0 aromatic carbocycles. The zero-order chi connectivity index (χ0) is 24.0. The molecule has 0 N–H and O–H groups in total. The van der Waals surface area contributed by atoms with Crippen LogP contribution in [-0.2, 0) is 6.18 Å². The predicted octanol–water partition coefficient (Wildman–Crippen LogP) is 5.56. The van der Waals surface area contributed by atoms with E-state index in [0.29, 0.717) is 16.8 Å². The van der Waals surface area contributed by atoms with Crippen molar-refractivity contribution in [2.45, 2.75) is 24.7 Å². The molecule has 0 aliphatic heterocycles. The number of rotatable bonds is 3. The van der Waals surface area contributed by atoms with Crippen molar-refractivity contribution in [3.63, 3.8) is 0 Å². The van der Waals surface area contributed by atoms with Gasteiger partial charge in [-0.05, 0) is 30.7 Å². The van der Waals surface area contributed by atoms with Crippen molar-refractivity contribution in [3.05, 3.63) is 83.5 Å². The SMILES string of the molecule is CN(C(=O)c1ccc(C(F)(F)F)nc1)c1ccn2ncc(C3C=CC(C(F)(F)F)=CC3)c2c1. The minimum absolute atomic E-state index is 0.0286. The zero-order valence-corrected chi connectivity index (χ0v) is 17.0. The van der Waals surface area contributed by atoms with Crippen LogP contribution in [-0.4, -0.2) is 33.7 Å². The fourth-order valence-electron chi connectivity index (χ4n) is 3.54. The molecule has 1 unspecified atom stereocenters. The molecule has 1 amide bonds. The molecule has 172 valence electrons. The largest absolute Gasteiger partial charge is 0.433 e. The number of nitrogens with zero attached hydrogens (tertiary/aromatic N) is 4. The summed E-state index contributed by atoms with van der Waals surface area (Å²) in [5, 5.41) is 4.22. The molecular weight excluding hydrogens is 450 g/mol. The van der Waals surface area contributed by atoms with E-state index in [0.717, 1.165) is 30.5 Å². The fraction of sp³-hybridized carbons (Fsp3) is 0.227. The Morgan fingerprint density at radius 3 is 2.42 bits per heavy atom. The van der Waals surface area contributed by atoms with E-state index in [1.165, 1.54) is 22.5 Å². The van der Waals surface area contributed by atoms with E-state index in [4.69, 9.17) is 0 Å². The number of allylic oxidation sites excluding steroid dienone is 4. The number of anilines is 1. The second-order valence-corrected chi connectivity index (χ2v) is 7.47. The highest BCUT2D eigenvalue weighted by atomic mass is 19.4. The Morgan fingerprint density at radius 2 is 1.85 bits per heavy atom. The van der Waals surface area contributed by atoms with Gasteiger partial charge in [-0.2, -0.15) is 31.4 Å². The highest BCUT2D eigenvalue weighted by Gasteiger charge is 2.34. The molecule has 1 aliphatic carbocycles. The maximum atomic E-state index is 12.9. The third kappa shape index (κ3) is 4.48. The minimum atomic E-state index is -4.61. The Morgan fingerprint density at radius 1 is 1.09 bits per heavy atom. The van der Waals surface area contributed by atoms with Crippen molar-refractivity contribution in [2.24, 2.45) is 0 Å². The van der Waals surface area contributed by atoms with Crippen LogP contribution in [0.5, 0.6) is 0 Å². The van der Waals surface area contributed by atoms with Gasteiger partial charge in [0.25, 0.3) is 5.91 Å². The molecule has 0 fully saturated rings. The first-order chi connectivity index (χ1) is 15.4. The second kappa shape index (κ2) is 8.05. The molecule has 11 heteroatoms. The Hall–Kier alpha value is -3.63. The van der Waals surface area contributed by atoms with E-state index in [1.807, 2.05) is 0 Å². The summed E-state index contributed by atoms with van der Waals surface area (Å²) in [6.45, 7) is 0. The minimum Gasteiger partial charge on any atom is -0.311 e. The molecule has 0 spiro atoms. The average Bonchev–Trinajstić information content (AvgIpc) is 3.20. The van der Waals surface area contributed by atoms with E-state index in [9.17, 15) is 31.1 Å². The van der Waals surface area contributed by atoms with Gasteiger partial charge in [-0.3, -0.25) is 9.78 Å². The van der Waals surface area contributed by atoms with E-state index in [-0.39, 0.29) is 17.9 Å². The van der Waals surface area contributed by atoms with Crippen LogP contribution in [0.2, 0.25) is 0 Å². The van der Waals surface area contributed by atoms with Gasteiger partial charge in [0.2, 0.25) is 0 Å². The average molecular weight is 466 g/mol. The first-order valence-electron chi connectivity index (χ1n) is 9.69.